The van der Waals surface area contributed by atoms with Crippen molar-refractivity contribution in [1.29, 1.82) is 0 Å². The number of nitrogen functional groups attached to an aromatic ring is 1. The summed E-state index contributed by atoms with van der Waals surface area (Å²) in [4.78, 5) is 19.8. The zero-order chi connectivity index (χ0) is 19.1. The number of hydrogen-bond donors (Lipinski definition) is 4. The molecule has 3 aromatic rings. The number of nitrogens with two attached hydrogens (primary N) is 2. The number of rotatable bonds is 2. The van der Waals surface area contributed by atoms with Crippen LogP contribution in [0.5, 0.6) is 5.88 Å². The first-order valence-electron chi connectivity index (χ1n) is 8.57. The predicted molar refractivity (Wildman–Crippen MR) is 106 cm³/mol. The highest BCUT2D eigenvalue weighted by atomic mass is 16.5. The van der Waals surface area contributed by atoms with Crippen LogP contribution in [0.4, 0.5) is 22.0 Å². The summed E-state index contributed by atoms with van der Waals surface area (Å²) in [6.07, 6.45) is 3.44. The number of nitrogens with zero attached hydrogens (tertiary/aromatic N) is 2. The Hall–Kier alpha value is -3.55. The topological polar surface area (TPSA) is 128 Å². The number of fused-ring (bicyclic) bond motifs is 2. The predicted octanol–water partition coefficient (Wildman–Crippen LogP) is 2.79. The zero-order valence-electron chi connectivity index (χ0n) is 15.1. The van der Waals surface area contributed by atoms with Crippen LogP contribution < -0.4 is 26.8 Å². The van der Waals surface area contributed by atoms with E-state index in [0.717, 1.165) is 45.3 Å². The molecule has 2 aromatic heterocycles. The summed E-state index contributed by atoms with van der Waals surface area (Å²) in [6, 6.07) is 3.11. The molecule has 8 nitrogen and oxygen atoms in total. The van der Waals surface area contributed by atoms with Crippen LogP contribution in [0.1, 0.15) is 11.1 Å². The molecule has 0 unspecified atom stereocenters. The Morgan fingerprint density at radius 3 is 2.78 bits per heavy atom. The molecule has 1 aromatic carbocycles. The van der Waals surface area contributed by atoms with Crippen LogP contribution in [0.2, 0.25) is 0 Å². The van der Waals surface area contributed by atoms with Crippen molar-refractivity contribution in [3.05, 3.63) is 35.7 Å². The summed E-state index contributed by atoms with van der Waals surface area (Å²) in [5, 5.41) is 7.51. The lowest BCUT2D eigenvalue weighted by atomic mass is 9.93. The number of hydrogen-bond acceptors (Lipinski definition) is 6. The van der Waals surface area contributed by atoms with Crippen LogP contribution in [0.25, 0.3) is 21.9 Å². The molecule has 0 saturated carbocycles. The highest BCUT2D eigenvalue weighted by Crippen LogP contribution is 2.40. The molecule has 1 aliphatic rings. The molecule has 0 atom stereocenters. The number of ether oxygens (including phenoxy) is 1. The van der Waals surface area contributed by atoms with Gasteiger partial charge in [-0.3, -0.25) is 5.32 Å². The van der Waals surface area contributed by atoms with Gasteiger partial charge in [-0.05, 0) is 48.1 Å². The fraction of sp³-hybridized carbons (Fsp3) is 0.211. The fourth-order valence-corrected chi connectivity index (χ4v) is 3.39. The Morgan fingerprint density at radius 2 is 2.00 bits per heavy atom. The van der Waals surface area contributed by atoms with Gasteiger partial charge in [0.1, 0.15) is 18.1 Å². The molecular formula is C19H20N6O2. The molecule has 0 fully saturated rings. The third kappa shape index (κ3) is 2.84. The Labute approximate surface area is 155 Å². The maximum Gasteiger partial charge on any atom is 0.317 e. The highest BCUT2D eigenvalue weighted by Gasteiger charge is 2.19. The van der Waals surface area contributed by atoms with E-state index in [0.29, 0.717) is 24.0 Å². The van der Waals surface area contributed by atoms with Gasteiger partial charge in [-0.25, -0.2) is 14.8 Å². The number of pyridine rings is 2. The van der Waals surface area contributed by atoms with E-state index in [1.54, 1.807) is 18.5 Å². The smallest absolute Gasteiger partial charge is 0.317 e. The summed E-state index contributed by atoms with van der Waals surface area (Å²) in [6.45, 7) is 5.35. The van der Waals surface area contributed by atoms with Gasteiger partial charge in [0, 0.05) is 35.6 Å². The number of urea groups is 1. The van der Waals surface area contributed by atoms with E-state index in [4.69, 9.17) is 16.2 Å². The number of nitrogens with one attached hydrogen (secondary N) is 2. The largest absolute Gasteiger partial charge is 0.474 e. The van der Waals surface area contributed by atoms with Gasteiger partial charge < -0.3 is 21.5 Å². The minimum atomic E-state index is -0.664. The minimum absolute atomic E-state index is 0.375. The monoisotopic (exact) mass is 364 g/mol. The van der Waals surface area contributed by atoms with Gasteiger partial charge in [0.2, 0.25) is 5.88 Å². The van der Waals surface area contributed by atoms with E-state index in [9.17, 15) is 4.79 Å². The van der Waals surface area contributed by atoms with E-state index in [-0.39, 0.29) is 0 Å². The average molecular weight is 364 g/mol. The lowest BCUT2D eigenvalue weighted by Crippen LogP contribution is -2.20. The van der Waals surface area contributed by atoms with E-state index in [2.05, 4.69) is 20.6 Å². The maximum absolute atomic E-state index is 11.1. The second-order valence-electron chi connectivity index (χ2n) is 6.49. The van der Waals surface area contributed by atoms with Crippen molar-refractivity contribution in [2.45, 2.75) is 13.8 Å². The van der Waals surface area contributed by atoms with Crippen LogP contribution in [-0.4, -0.2) is 29.2 Å². The minimum Gasteiger partial charge on any atom is -0.474 e. The molecule has 0 bridgehead atoms. The Kier molecular flexibility index (Phi) is 3.95. The first kappa shape index (κ1) is 16.9. The number of benzene rings is 1. The Bertz CT molecular complexity index is 1080. The number of aromatic nitrogens is 2. The van der Waals surface area contributed by atoms with Gasteiger partial charge in [0.15, 0.2) is 0 Å². The van der Waals surface area contributed by atoms with Crippen molar-refractivity contribution in [3.63, 3.8) is 0 Å². The van der Waals surface area contributed by atoms with Crippen molar-refractivity contribution < 1.29 is 9.53 Å². The van der Waals surface area contributed by atoms with E-state index in [1.165, 1.54) is 0 Å². The maximum atomic E-state index is 11.1. The lowest BCUT2D eigenvalue weighted by molar-refractivity contribution is 0.259. The molecule has 8 heteroatoms. The summed E-state index contributed by atoms with van der Waals surface area (Å²) < 4.78 is 5.61. The summed E-state index contributed by atoms with van der Waals surface area (Å²) >= 11 is 0. The molecule has 0 radical (unpaired) electrons. The Balaban J connectivity index is 1.91. The molecule has 2 amide bonds. The van der Waals surface area contributed by atoms with Gasteiger partial charge in [0.25, 0.3) is 0 Å². The Morgan fingerprint density at radius 1 is 1.19 bits per heavy atom. The molecule has 138 valence electrons. The van der Waals surface area contributed by atoms with E-state index in [1.807, 2.05) is 19.9 Å². The number of amides is 2. The number of carbonyl (C=O) groups excluding carboxylic acids is 1. The van der Waals surface area contributed by atoms with Crippen molar-refractivity contribution in [3.8, 4) is 17.0 Å². The van der Waals surface area contributed by atoms with Crippen LogP contribution in [0, 0.1) is 13.8 Å². The fourth-order valence-electron chi connectivity index (χ4n) is 3.39. The highest BCUT2D eigenvalue weighted by molar-refractivity contribution is 6.01. The molecule has 6 N–H and O–H groups in total. The normalized spacial score (nSPS) is 12.8. The van der Waals surface area contributed by atoms with Gasteiger partial charge in [-0.2, -0.15) is 0 Å². The third-order valence-electron chi connectivity index (χ3n) is 4.82. The molecular weight excluding hydrogens is 344 g/mol. The van der Waals surface area contributed by atoms with E-state index >= 15 is 0 Å². The van der Waals surface area contributed by atoms with Gasteiger partial charge in [-0.15, -0.1) is 0 Å². The molecule has 4 rings (SSSR count). The molecule has 0 saturated heterocycles. The quantitative estimate of drug-likeness (QED) is 0.518. The van der Waals surface area contributed by atoms with Gasteiger partial charge >= 0.3 is 6.03 Å². The zero-order valence-corrected chi connectivity index (χ0v) is 15.1. The number of primary amides is 1. The SMILES string of the molecule is Cc1c(-c2cc3cc(NC(N)=O)ncc3c(N)c2C)cnc2c1NCCO2. The molecule has 0 spiro atoms. The summed E-state index contributed by atoms with van der Waals surface area (Å²) in [5.41, 5.74) is 17.0. The number of carbonyl (C=O) groups is 1. The van der Waals surface area contributed by atoms with Crippen molar-refractivity contribution in [1.82, 2.24) is 9.97 Å². The van der Waals surface area contributed by atoms with Crippen molar-refractivity contribution in [2.24, 2.45) is 5.73 Å². The molecule has 3 heterocycles. The first-order chi connectivity index (χ1) is 13.0. The first-order valence-corrected chi connectivity index (χ1v) is 8.57. The average Bonchev–Trinajstić information content (AvgIpc) is 2.65. The van der Waals surface area contributed by atoms with Crippen LogP contribution in [-0.2, 0) is 0 Å². The van der Waals surface area contributed by atoms with Crippen molar-refractivity contribution in [2.75, 3.05) is 29.5 Å². The standard InChI is InChI=1S/C19H20N6O2/c1-9-12(13-7-24-18-17(10(13)2)22-3-4-27-18)5-11-6-15(25-19(21)26)23-8-14(11)16(9)20/h5-8,22H,3-4,20H2,1-2H3,(H3,21,23,25,26). The summed E-state index contributed by atoms with van der Waals surface area (Å²) in [5.74, 6) is 0.991. The van der Waals surface area contributed by atoms with Crippen molar-refractivity contribution >= 4 is 34.0 Å². The second kappa shape index (κ2) is 6.31. The second-order valence-corrected chi connectivity index (χ2v) is 6.49. The van der Waals surface area contributed by atoms with Crippen LogP contribution >= 0.6 is 0 Å². The van der Waals surface area contributed by atoms with Gasteiger partial charge in [-0.1, -0.05) is 0 Å². The third-order valence-corrected chi connectivity index (χ3v) is 4.82. The van der Waals surface area contributed by atoms with E-state index < -0.39 is 6.03 Å². The van der Waals surface area contributed by atoms with Crippen LogP contribution in [0.3, 0.4) is 0 Å². The number of anilines is 3. The van der Waals surface area contributed by atoms with Crippen LogP contribution in [0.15, 0.2) is 24.5 Å². The molecule has 1 aliphatic heterocycles. The molecule has 0 aliphatic carbocycles. The lowest BCUT2D eigenvalue weighted by Gasteiger charge is -2.22. The summed E-state index contributed by atoms with van der Waals surface area (Å²) in [7, 11) is 0. The van der Waals surface area contributed by atoms with Gasteiger partial charge in [0.05, 0.1) is 0 Å². The molecule has 27 heavy (non-hydrogen) atoms.